The minimum Gasteiger partial charge on any atom is -0.467 e. The highest BCUT2D eigenvalue weighted by Gasteiger charge is 2.44. The molecule has 144 valence electrons. The molecule has 2 amide bonds. The third-order valence-electron chi connectivity index (χ3n) is 4.06. The summed E-state index contributed by atoms with van der Waals surface area (Å²) in [4.78, 5) is 47.6. The Bertz CT molecular complexity index is 507. The maximum Gasteiger partial charge on any atom is 0.328 e. The highest BCUT2D eigenvalue weighted by molar-refractivity contribution is 5.93. The fraction of sp³-hybridized carbons (Fsp3) is 0.733. The third kappa shape index (κ3) is 6.17. The van der Waals surface area contributed by atoms with Crippen molar-refractivity contribution in [2.24, 2.45) is 5.41 Å². The van der Waals surface area contributed by atoms with Gasteiger partial charge in [0.2, 0.25) is 11.8 Å². The van der Waals surface area contributed by atoms with Crippen molar-refractivity contribution in [3.05, 3.63) is 0 Å². The van der Waals surface area contributed by atoms with Gasteiger partial charge in [0.1, 0.15) is 12.1 Å². The van der Waals surface area contributed by atoms with Crippen molar-refractivity contribution in [1.29, 1.82) is 0 Å². The molecule has 1 rings (SSSR count). The molecule has 10 heteroatoms. The van der Waals surface area contributed by atoms with Crippen molar-refractivity contribution in [2.45, 2.75) is 38.8 Å². The number of rotatable bonds is 7. The molecule has 25 heavy (non-hydrogen) atoms. The second kappa shape index (κ2) is 10.2. The standard InChI is InChI=1S/C15H25N3O6.ClH/c1-9(12(20)23-3)17-11(19)7-15(5-6-16-8-15)14(22)18-10(2)13(21)24-4;/h9-10,16H,5-8H2,1-4H3,(H,17,19)(H,18,22);1H. The Morgan fingerprint density at radius 1 is 1.04 bits per heavy atom. The molecule has 0 aromatic heterocycles. The van der Waals surface area contributed by atoms with Gasteiger partial charge in [-0.1, -0.05) is 0 Å². The van der Waals surface area contributed by atoms with Crippen LogP contribution in [0.1, 0.15) is 26.7 Å². The number of carbonyl (C=O) groups is 4. The maximum absolute atomic E-state index is 12.6. The molecule has 0 bridgehead atoms. The number of nitrogens with one attached hydrogen (secondary N) is 3. The van der Waals surface area contributed by atoms with Gasteiger partial charge in [0.15, 0.2) is 0 Å². The quantitative estimate of drug-likeness (QED) is 0.491. The Labute approximate surface area is 153 Å². The number of amides is 2. The predicted octanol–water partition coefficient (Wildman–Crippen LogP) is -0.867. The fourth-order valence-electron chi connectivity index (χ4n) is 2.59. The van der Waals surface area contributed by atoms with E-state index >= 15 is 0 Å². The normalized spacial score (nSPS) is 21.3. The van der Waals surface area contributed by atoms with Crippen LogP contribution in [0.15, 0.2) is 0 Å². The fourth-order valence-corrected chi connectivity index (χ4v) is 2.59. The minimum absolute atomic E-state index is 0. The van der Waals surface area contributed by atoms with Gasteiger partial charge < -0.3 is 25.4 Å². The van der Waals surface area contributed by atoms with E-state index in [1.165, 1.54) is 28.1 Å². The zero-order valence-electron chi connectivity index (χ0n) is 14.8. The van der Waals surface area contributed by atoms with Gasteiger partial charge in [-0.05, 0) is 26.8 Å². The van der Waals surface area contributed by atoms with Crippen molar-refractivity contribution in [3.63, 3.8) is 0 Å². The van der Waals surface area contributed by atoms with Crippen LogP contribution < -0.4 is 16.0 Å². The summed E-state index contributed by atoms with van der Waals surface area (Å²) < 4.78 is 9.13. The third-order valence-corrected chi connectivity index (χ3v) is 4.06. The smallest absolute Gasteiger partial charge is 0.328 e. The number of esters is 2. The lowest BCUT2D eigenvalue weighted by atomic mass is 9.82. The summed E-state index contributed by atoms with van der Waals surface area (Å²) in [6.07, 6.45) is 0.355. The molecule has 1 aliphatic heterocycles. The Morgan fingerprint density at radius 3 is 2.00 bits per heavy atom. The molecule has 1 heterocycles. The van der Waals surface area contributed by atoms with Gasteiger partial charge in [-0.15, -0.1) is 12.4 Å². The molecule has 9 nitrogen and oxygen atoms in total. The first-order chi connectivity index (χ1) is 11.3. The van der Waals surface area contributed by atoms with Gasteiger partial charge in [0, 0.05) is 13.0 Å². The summed E-state index contributed by atoms with van der Waals surface area (Å²) in [5.41, 5.74) is -0.970. The van der Waals surface area contributed by atoms with Crippen molar-refractivity contribution >= 4 is 36.2 Å². The molecule has 0 saturated carbocycles. The summed E-state index contributed by atoms with van der Waals surface area (Å²) in [6.45, 7) is 3.91. The van der Waals surface area contributed by atoms with Crippen LogP contribution >= 0.6 is 12.4 Å². The number of methoxy groups -OCH3 is 2. The average Bonchev–Trinajstić information content (AvgIpc) is 3.02. The largest absolute Gasteiger partial charge is 0.467 e. The number of halogens is 1. The van der Waals surface area contributed by atoms with E-state index in [1.807, 2.05) is 0 Å². The predicted molar refractivity (Wildman–Crippen MR) is 91.0 cm³/mol. The van der Waals surface area contributed by atoms with Crippen LogP contribution in [-0.2, 0) is 28.7 Å². The number of hydrogen-bond acceptors (Lipinski definition) is 7. The highest BCUT2D eigenvalue weighted by atomic mass is 35.5. The first kappa shape index (κ1) is 23.1. The van der Waals surface area contributed by atoms with Gasteiger partial charge in [-0.25, -0.2) is 9.59 Å². The zero-order valence-corrected chi connectivity index (χ0v) is 15.7. The Balaban J connectivity index is 0.00000576. The minimum atomic E-state index is -0.970. The van der Waals surface area contributed by atoms with E-state index < -0.39 is 41.3 Å². The Kier molecular flexibility index (Phi) is 9.43. The Hall–Kier alpha value is -1.87. The lowest BCUT2D eigenvalue weighted by molar-refractivity contribution is -0.147. The molecule has 0 radical (unpaired) electrons. The molecule has 0 aromatic rings. The van der Waals surface area contributed by atoms with Crippen LogP contribution in [0, 0.1) is 5.41 Å². The number of carbonyl (C=O) groups excluding carboxylic acids is 4. The van der Waals surface area contributed by atoms with Crippen LogP contribution in [0.4, 0.5) is 0 Å². The van der Waals surface area contributed by atoms with E-state index in [2.05, 4.69) is 25.4 Å². The van der Waals surface area contributed by atoms with Gasteiger partial charge in [-0.2, -0.15) is 0 Å². The van der Waals surface area contributed by atoms with Gasteiger partial charge in [0.25, 0.3) is 0 Å². The average molecular weight is 380 g/mol. The van der Waals surface area contributed by atoms with Crippen LogP contribution in [0.3, 0.4) is 0 Å². The SMILES string of the molecule is COC(=O)C(C)NC(=O)CC1(C(=O)NC(C)C(=O)OC)CCNC1.Cl. The molecule has 1 fully saturated rings. The van der Waals surface area contributed by atoms with Gasteiger partial charge in [0.05, 0.1) is 19.6 Å². The van der Waals surface area contributed by atoms with E-state index in [1.54, 1.807) is 0 Å². The topological polar surface area (TPSA) is 123 Å². The van der Waals surface area contributed by atoms with Crippen LogP contribution in [0.25, 0.3) is 0 Å². The summed E-state index contributed by atoms with van der Waals surface area (Å²) in [5.74, 6) is -1.96. The van der Waals surface area contributed by atoms with Gasteiger partial charge in [-0.3, -0.25) is 9.59 Å². The molecule has 1 aliphatic rings. The van der Waals surface area contributed by atoms with E-state index in [0.29, 0.717) is 19.5 Å². The van der Waals surface area contributed by atoms with Crippen molar-refractivity contribution in [3.8, 4) is 0 Å². The summed E-state index contributed by atoms with van der Waals surface area (Å²) in [6, 6.07) is -1.61. The second-order valence-electron chi connectivity index (χ2n) is 5.91. The van der Waals surface area contributed by atoms with E-state index in [4.69, 9.17) is 0 Å². The summed E-state index contributed by atoms with van der Waals surface area (Å²) in [5, 5.41) is 8.15. The zero-order chi connectivity index (χ0) is 18.3. The molecular formula is C15H26ClN3O6. The first-order valence-corrected chi connectivity index (χ1v) is 7.72. The molecule has 0 spiro atoms. The van der Waals surface area contributed by atoms with Crippen LogP contribution in [0.2, 0.25) is 0 Å². The molecule has 0 aliphatic carbocycles. The summed E-state index contributed by atoms with van der Waals surface area (Å²) >= 11 is 0. The molecule has 0 aromatic carbocycles. The van der Waals surface area contributed by atoms with Crippen LogP contribution in [-0.4, -0.2) is 63.1 Å². The molecule has 1 saturated heterocycles. The van der Waals surface area contributed by atoms with E-state index in [0.717, 1.165) is 0 Å². The molecule has 3 atom stereocenters. The molecule has 3 N–H and O–H groups in total. The lowest BCUT2D eigenvalue weighted by Gasteiger charge is -2.28. The number of ether oxygens (including phenoxy) is 2. The molecular weight excluding hydrogens is 354 g/mol. The molecule has 3 unspecified atom stereocenters. The van der Waals surface area contributed by atoms with Crippen molar-refractivity contribution in [1.82, 2.24) is 16.0 Å². The van der Waals surface area contributed by atoms with Gasteiger partial charge >= 0.3 is 11.9 Å². The first-order valence-electron chi connectivity index (χ1n) is 7.72. The van der Waals surface area contributed by atoms with Crippen LogP contribution in [0.5, 0.6) is 0 Å². The van der Waals surface area contributed by atoms with E-state index in [9.17, 15) is 19.2 Å². The number of hydrogen-bond donors (Lipinski definition) is 3. The van der Waals surface area contributed by atoms with E-state index in [-0.39, 0.29) is 18.8 Å². The van der Waals surface area contributed by atoms with Crippen molar-refractivity contribution < 1.29 is 28.7 Å². The summed E-state index contributed by atoms with van der Waals surface area (Å²) in [7, 11) is 2.47. The maximum atomic E-state index is 12.6. The highest BCUT2D eigenvalue weighted by Crippen LogP contribution is 2.30. The lowest BCUT2D eigenvalue weighted by Crippen LogP contribution is -2.51. The Morgan fingerprint density at radius 2 is 1.56 bits per heavy atom. The monoisotopic (exact) mass is 379 g/mol. The van der Waals surface area contributed by atoms with Crippen molar-refractivity contribution in [2.75, 3.05) is 27.3 Å². The second-order valence-corrected chi connectivity index (χ2v) is 5.91.